The van der Waals surface area contributed by atoms with E-state index in [1.54, 1.807) is 24.3 Å². The van der Waals surface area contributed by atoms with Crippen LogP contribution >= 0.6 is 23.2 Å². The van der Waals surface area contributed by atoms with Crippen LogP contribution in [0.15, 0.2) is 54.6 Å². The van der Waals surface area contributed by atoms with Crippen molar-refractivity contribution in [2.45, 2.75) is 32.7 Å². The van der Waals surface area contributed by atoms with Crippen molar-refractivity contribution >= 4 is 51.5 Å². The van der Waals surface area contributed by atoms with E-state index in [2.05, 4.69) is 21.3 Å². The highest BCUT2D eigenvalue weighted by Crippen LogP contribution is 2.36. The van der Waals surface area contributed by atoms with Crippen LogP contribution in [-0.2, 0) is 6.42 Å². The summed E-state index contributed by atoms with van der Waals surface area (Å²) in [5, 5.41) is 5.19. The van der Waals surface area contributed by atoms with Crippen molar-refractivity contribution in [1.82, 2.24) is 20.3 Å². The molecule has 6 nitrogen and oxygen atoms in total. The molecule has 0 radical (unpaired) electrons. The highest BCUT2D eigenvalue weighted by Gasteiger charge is 2.24. The molecule has 1 N–H and O–H groups in total. The maximum absolute atomic E-state index is 12.6. The van der Waals surface area contributed by atoms with Crippen molar-refractivity contribution in [2.75, 3.05) is 11.4 Å². The first-order valence-corrected chi connectivity index (χ1v) is 11.9. The molecule has 0 saturated heterocycles. The van der Waals surface area contributed by atoms with E-state index >= 15 is 0 Å². The van der Waals surface area contributed by atoms with Crippen molar-refractivity contribution in [3.63, 3.8) is 0 Å². The molecule has 1 aliphatic heterocycles. The maximum atomic E-state index is 12.6. The molecule has 0 saturated carbocycles. The number of fused-ring (bicyclic) bond motifs is 2. The number of amides is 1. The molecule has 0 bridgehead atoms. The van der Waals surface area contributed by atoms with Crippen LogP contribution in [0.3, 0.4) is 0 Å². The summed E-state index contributed by atoms with van der Waals surface area (Å²) in [6.07, 6.45) is 1.81. The van der Waals surface area contributed by atoms with Crippen LogP contribution in [0.4, 0.5) is 11.5 Å². The number of aryl methyl sites for hydroxylation is 2. The third-order valence-corrected chi connectivity index (χ3v) is 6.45. The zero-order valence-electron chi connectivity index (χ0n) is 18.8. The highest BCUT2D eigenvalue weighted by atomic mass is 35.5. The Balaban J connectivity index is 1.45. The lowest BCUT2D eigenvalue weighted by Gasteiger charge is -2.31. The number of hydrogen-bond donors (Lipinski definition) is 1. The number of benzene rings is 2. The van der Waals surface area contributed by atoms with Gasteiger partial charge in [0.2, 0.25) is 0 Å². The van der Waals surface area contributed by atoms with Gasteiger partial charge >= 0.3 is 0 Å². The number of hydrogen-bond acceptors (Lipinski definition) is 5. The van der Waals surface area contributed by atoms with Gasteiger partial charge in [-0.05, 0) is 81.3 Å². The molecule has 0 aliphatic carbocycles. The Morgan fingerprint density at radius 2 is 1.76 bits per heavy atom. The first-order valence-electron chi connectivity index (χ1n) is 11.2. The molecule has 1 amide bonds. The van der Waals surface area contributed by atoms with E-state index in [0.29, 0.717) is 21.4 Å². The highest BCUT2D eigenvalue weighted by molar-refractivity contribution is 6.31. The predicted octanol–water partition coefficient (Wildman–Crippen LogP) is 6.22. The first kappa shape index (κ1) is 22.6. The average molecular weight is 492 g/mol. The van der Waals surface area contributed by atoms with Crippen molar-refractivity contribution in [3.8, 4) is 0 Å². The van der Waals surface area contributed by atoms with Crippen LogP contribution in [0.1, 0.15) is 47.0 Å². The number of aromatic nitrogens is 3. The third kappa shape index (κ3) is 4.43. The summed E-state index contributed by atoms with van der Waals surface area (Å²) >= 11 is 12.2. The minimum absolute atomic E-state index is 0.162. The van der Waals surface area contributed by atoms with Crippen molar-refractivity contribution in [1.29, 1.82) is 0 Å². The summed E-state index contributed by atoms with van der Waals surface area (Å²) in [5.41, 5.74) is 4.25. The maximum Gasteiger partial charge on any atom is 0.251 e. The average Bonchev–Trinajstić information content (AvgIpc) is 2.83. The van der Waals surface area contributed by atoms with E-state index in [9.17, 15) is 4.79 Å². The third-order valence-electron chi connectivity index (χ3n) is 5.96. The summed E-state index contributed by atoms with van der Waals surface area (Å²) < 4.78 is 0. The van der Waals surface area contributed by atoms with Gasteiger partial charge in [0, 0.05) is 27.5 Å². The van der Waals surface area contributed by atoms with E-state index < -0.39 is 0 Å². The van der Waals surface area contributed by atoms with Gasteiger partial charge in [-0.1, -0.05) is 23.2 Å². The molecular weight excluding hydrogens is 469 g/mol. The van der Waals surface area contributed by atoms with Gasteiger partial charge in [0.1, 0.15) is 11.6 Å². The fraction of sp³-hybridized carbons (Fsp3) is 0.231. The van der Waals surface area contributed by atoms with Crippen LogP contribution in [0.5, 0.6) is 0 Å². The van der Waals surface area contributed by atoms with Gasteiger partial charge < -0.3 is 10.2 Å². The summed E-state index contributed by atoms with van der Waals surface area (Å²) in [5.74, 6) is 1.38. The van der Waals surface area contributed by atoms with Crippen LogP contribution in [0.25, 0.3) is 10.9 Å². The zero-order chi connectivity index (χ0) is 23.8. The molecule has 34 heavy (non-hydrogen) atoms. The summed E-state index contributed by atoms with van der Waals surface area (Å²) in [6.45, 7) is 4.66. The van der Waals surface area contributed by atoms with E-state index in [1.807, 2.05) is 38.1 Å². The van der Waals surface area contributed by atoms with Gasteiger partial charge in [0.05, 0.1) is 28.6 Å². The second kappa shape index (κ2) is 9.20. The second-order valence-electron chi connectivity index (χ2n) is 8.42. The van der Waals surface area contributed by atoms with Crippen molar-refractivity contribution in [2.24, 2.45) is 0 Å². The molecule has 1 aliphatic rings. The Kier molecular flexibility index (Phi) is 6.11. The molecule has 5 rings (SSSR count). The van der Waals surface area contributed by atoms with Crippen LogP contribution in [-0.4, -0.2) is 27.4 Å². The van der Waals surface area contributed by atoms with E-state index in [0.717, 1.165) is 53.2 Å². The van der Waals surface area contributed by atoms with Crippen LogP contribution < -0.4 is 10.2 Å². The lowest BCUT2D eigenvalue weighted by Crippen LogP contribution is -2.29. The predicted molar refractivity (Wildman–Crippen MR) is 136 cm³/mol. The van der Waals surface area contributed by atoms with Crippen LogP contribution in [0, 0.1) is 6.92 Å². The molecule has 8 heteroatoms. The Labute approximate surface area is 208 Å². The monoisotopic (exact) mass is 491 g/mol. The molecule has 3 heterocycles. The summed E-state index contributed by atoms with van der Waals surface area (Å²) in [4.78, 5) is 29.1. The van der Waals surface area contributed by atoms with E-state index in [1.165, 1.54) is 0 Å². The zero-order valence-corrected chi connectivity index (χ0v) is 20.4. The quantitative estimate of drug-likeness (QED) is 0.367. The lowest BCUT2D eigenvalue weighted by molar-refractivity contribution is 0.0939. The second-order valence-corrected chi connectivity index (χ2v) is 9.29. The largest absolute Gasteiger partial charge is 0.344 e. The Bertz CT molecular complexity index is 1390. The van der Waals surface area contributed by atoms with Gasteiger partial charge in [0.25, 0.3) is 5.91 Å². The fourth-order valence-electron chi connectivity index (χ4n) is 4.29. The van der Waals surface area contributed by atoms with Gasteiger partial charge in [-0.25, -0.2) is 9.97 Å². The molecule has 4 aromatic rings. The van der Waals surface area contributed by atoms with Gasteiger partial charge in [-0.15, -0.1) is 0 Å². The first-order chi connectivity index (χ1) is 16.4. The molecule has 1 unspecified atom stereocenters. The minimum atomic E-state index is -0.246. The summed E-state index contributed by atoms with van der Waals surface area (Å²) in [6, 6.07) is 16.3. The topological polar surface area (TPSA) is 71.0 Å². The van der Waals surface area contributed by atoms with Gasteiger partial charge in [-0.3, -0.25) is 9.78 Å². The molecule has 0 fully saturated rings. The molecule has 2 aromatic carbocycles. The number of carbonyl (C=O) groups excluding carboxylic acids is 1. The number of nitrogens with zero attached hydrogens (tertiary/aromatic N) is 4. The molecule has 0 spiro atoms. The number of carbonyl (C=O) groups is 1. The Hall–Kier alpha value is -3.22. The number of rotatable bonds is 4. The van der Waals surface area contributed by atoms with E-state index in [-0.39, 0.29) is 11.9 Å². The van der Waals surface area contributed by atoms with Crippen molar-refractivity contribution < 1.29 is 4.79 Å². The number of nitrogens with one attached hydrogen (secondary N) is 1. The molecule has 1 atom stereocenters. The van der Waals surface area contributed by atoms with Crippen molar-refractivity contribution in [3.05, 3.63) is 87.4 Å². The smallest absolute Gasteiger partial charge is 0.251 e. The minimum Gasteiger partial charge on any atom is -0.344 e. The molecular formula is C26H23Cl2N5O. The van der Waals surface area contributed by atoms with E-state index in [4.69, 9.17) is 33.2 Å². The SMILES string of the molecule is Cc1nc(N2CCCc3nc(C(C)NC(=O)c4ccc(Cl)cc4)ccc32)c2cc(Cl)ccc2n1. The fourth-order valence-corrected chi connectivity index (χ4v) is 4.58. The molecule has 2 aromatic heterocycles. The normalized spacial score (nSPS) is 14.1. The number of pyridine rings is 1. The van der Waals surface area contributed by atoms with Crippen LogP contribution in [0.2, 0.25) is 10.0 Å². The number of anilines is 2. The number of halogens is 2. The standard InChI is InChI=1S/C26H23Cl2N5O/c1-15(29-26(34)17-5-7-18(27)8-6-17)21-11-12-24-23(32-21)4-3-13-33(24)25-20-14-19(28)9-10-22(20)30-16(2)31-25/h5-12,14-15H,3-4,13H2,1-2H3,(H,29,34). The Morgan fingerprint density at radius 1 is 1.00 bits per heavy atom. The Morgan fingerprint density at radius 3 is 2.56 bits per heavy atom. The molecule has 172 valence electrons. The van der Waals surface area contributed by atoms with Gasteiger partial charge in [0.15, 0.2) is 0 Å². The summed E-state index contributed by atoms with van der Waals surface area (Å²) in [7, 11) is 0. The lowest BCUT2D eigenvalue weighted by atomic mass is 10.0. The van der Waals surface area contributed by atoms with Gasteiger partial charge in [-0.2, -0.15) is 0 Å².